The Labute approximate surface area is 203 Å². The van der Waals surface area contributed by atoms with Crippen molar-refractivity contribution >= 4 is 23.6 Å². The Kier molecular flexibility index (Phi) is 7.67. The Morgan fingerprint density at radius 3 is 2.68 bits per heavy atom. The molecule has 1 unspecified atom stereocenters. The molecule has 2 N–H and O–H groups in total. The summed E-state index contributed by atoms with van der Waals surface area (Å²) in [4.78, 5) is 25.1. The van der Waals surface area contributed by atoms with Gasteiger partial charge in [-0.05, 0) is 49.6 Å². The summed E-state index contributed by atoms with van der Waals surface area (Å²) >= 11 is 1.13. The number of thioether (sulfide) groups is 1. The van der Waals surface area contributed by atoms with Gasteiger partial charge in [0.05, 0.1) is 31.4 Å². The summed E-state index contributed by atoms with van der Waals surface area (Å²) in [6, 6.07) is 8.36. The molecule has 4 heterocycles. The number of nitrogens with one attached hydrogen (secondary N) is 1. The number of carboxylic acids is 1. The van der Waals surface area contributed by atoms with Crippen LogP contribution in [0.4, 0.5) is 0 Å². The number of rotatable bonds is 10. The number of carbonyl (C=O) groups is 2. The summed E-state index contributed by atoms with van der Waals surface area (Å²) < 4.78 is 12.8. The Morgan fingerprint density at radius 2 is 2.00 bits per heavy atom. The Balaban J connectivity index is 1.39. The monoisotopic (exact) mass is 488 g/mol. The van der Waals surface area contributed by atoms with Crippen molar-refractivity contribution in [2.75, 3.05) is 45.4 Å². The first-order valence-electron chi connectivity index (χ1n) is 11.5. The van der Waals surface area contributed by atoms with E-state index in [9.17, 15) is 9.59 Å². The number of aromatic nitrogens is 2. The largest absolute Gasteiger partial charge is 0.493 e. The van der Waals surface area contributed by atoms with Crippen LogP contribution in [0.25, 0.3) is 11.3 Å². The molecular weight excluding hydrogens is 456 g/mol. The van der Waals surface area contributed by atoms with Crippen LogP contribution in [0.15, 0.2) is 24.3 Å². The fourth-order valence-corrected chi connectivity index (χ4v) is 5.73. The molecular formula is C24H32N4O5S. The average molecular weight is 489 g/mol. The van der Waals surface area contributed by atoms with Crippen molar-refractivity contribution in [3.63, 3.8) is 0 Å². The number of amides is 1. The quantitative estimate of drug-likeness (QED) is 0.525. The highest BCUT2D eigenvalue weighted by Crippen LogP contribution is 2.42. The predicted molar refractivity (Wildman–Crippen MR) is 131 cm³/mol. The molecule has 184 valence electrons. The van der Waals surface area contributed by atoms with Crippen molar-refractivity contribution in [3.8, 4) is 22.8 Å². The van der Waals surface area contributed by atoms with E-state index in [1.165, 1.54) is 5.69 Å². The maximum Gasteiger partial charge on any atom is 0.313 e. The van der Waals surface area contributed by atoms with E-state index < -0.39 is 5.97 Å². The third-order valence-electron chi connectivity index (χ3n) is 6.85. The number of hydrogen-bond donors (Lipinski definition) is 2. The number of carboxylic acid groups (broad SMARTS) is 1. The number of benzene rings is 1. The van der Waals surface area contributed by atoms with Gasteiger partial charge in [-0.1, -0.05) is 0 Å². The molecule has 0 radical (unpaired) electrons. The van der Waals surface area contributed by atoms with Gasteiger partial charge >= 0.3 is 5.97 Å². The summed E-state index contributed by atoms with van der Waals surface area (Å²) in [5.41, 5.74) is 3.13. The van der Waals surface area contributed by atoms with Crippen LogP contribution in [-0.2, 0) is 16.6 Å². The zero-order valence-electron chi connectivity index (χ0n) is 19.8. The molecule has 2 bridgehead atoms. The van der Waals surface area contributed by atoms with E-state index in [0.717, 1.165) is 49.0 Å². The molecule has 1 aromatic heterocycles. The van der Waals surface area contributed by atoms with Crippen molar-refractivity contribution < 1.29 is 24.2 Å². The van der Waals surface area contributed by atoms with Crippen LogP contribution in [0.5, 0.6) is 11.5 Å². The number of methoxy groups -OCH3 is 2. The molecule has 34 heavy (non-hydrogen) atoms. The Bertz CT molecular complexity index is 1040. The summed E-state index contributed by atoms with van der Waals surface area (Å²) in [6.07, 6.45) is 2.17. The first-order valence-corrected chi connectivity index (χ1v) is 12.6. The van der Waals surface area contributed by atoms with Gasteiger partial charge in [0.25, 0.3) is 0 Å². The third-order valence-corrected chi connectivity index (χ3v) is 7.76. The molecule has 2 aromatic rings. The van der Waals surface area contributed by atoms with Crippen LogP contribution in [0, 0.1) is 5.92 Å². The molecule has 1 aromatic carbocycles. The first-order chi connectivity index (χ1) is 16.4. The molecule has 0 saturated carbocycles. The van der Waals surface area contributed by atoms with Gasteiger partial charge in [-0.2, -0.15) is 5.10 Å². The normalized spacial score (nSPS) is 23.5. The fraction of sp³-hybridized carbons (Fsp3) is 0.542. The second-order valence-corrected chi connectivity index (χ2v) is 9.86. The highest BCUT2D eigenvalue weighted by atomic mass is 32.2. The van der Waals surface area contributed by atoms with E-state index in [0.29, 0.717) is 35.9 Å². The first kappa shape index (κ1) is 24.4. The van der Waals surface area contributed by atoms with Crippen LogP contribution in [0.2, 0.25) is 0 Å². The van der Waals surface area contributed by atoms with Gasteiger partial charge in [0.1, 0.15) is 0 Å². The zero-order chi connectivity index (χ0) is 24.2. The maximum atomic E-state index is 12.1. The van der Waals surface area contributed by atoms with E-state index in [1.54, 1.807) is 14.2 Å². The predicted octanol–water partition coefficient (Wildman–Crippen LogP) is 2.22. The lowest BCUT2D eigenvalue weighted by Gasteiger charge is -2.50. The van der Waals surface area contributed by atoms with E-state index in [1.807, 2.05) is 29.9 Å². The number of piperidine rings is 3. The summed E-state index contributed by atoms with van der Waals surface area (Å²) in [7, 11) is 5.26. The molecule has 10 heteroatoms. The van der Waals surface area contributed by atoms with Crippen molar-refractivity contribution in [2.45, 2.75) is 24.8 Å². The van der Waals surface area contributed by atoms with Crippen LogP contribution >= 0.6 is 11.8 Å². The highest BCUT2D eigenvalue weighted by molar-refractivity contribution is 8.00. The van der Waals surface area contributed by atoms with Gasteiger partial charge in [0, 0.05) is 43.4 Å². The topological polar surface area (TPSA) is 106 Å². The molecule has 3 aliphatic heterocycles. The molecule has 0 aliphatic carbocycles. The molecule has 9 nitrogen and oxygen atoms in total. The molecule has 3 saturated heterocycles. The van der Waals surface area contributed by atoms with E-state index >= 15 is 0 Å². The standard InChI is InChI=1S/C24H32N4O5S/c1-27-20(10-19(26-27)16-4-5-21(32-2)22(9-16)33-3)18-12-28-7-6-15(18)8-17(28)11-25-23(29)13-34-14-24(30)31/h4-5,9-10,15,17-18H,6-8,11-14H2,1-3H3,(H,25,29)(H,30,31)/t15-,17+,18+/m0/s1. The number of carbonyl (C=O) groups excluding carboxylic acids is 1. The molecule has 4 atom stereocenters. The van der Waals surface area contributed by atoms with Crippen LogP contribution in [0.1, 0.15) is 24.5 Å². The van der Waals surface area contributed by atoms with Gasteiger partial charge in [0.15, 0.2) is 11.5 Å². The van der Waals surface area contributed by atoms with Crippen molar-refractivity contribution in [1.29, 1.82) is 0 Å². The third kappa shape index (κ3) is 5.33. The van der Waals surface area contributed by atoms with Crippen molar-refractivity contribution in [3.05, 3.63) is 30.0 Å². The molecule has 5 rings (SSSR count). The average Bonchev–Trinajstić information content (AvgIpc) is 3.23. The van der Waals surface area contributed by atoms with Gasteiger partial charge in [-0.15, -0.1) is 11.8 Å². The molecule has 1 amide bonds. The van der Waals surface area contributed by atoms with Crippen molar-refractivity contribution in [1.82, 2.24) is 20.0 Å². The summed E-state index contributed by atoms with van der Waals surface area (Å²) in [5.74, 6) is 1.45. The number of fused-ring (bicyclic) bond motifs is 3. The number of nitrogens with zero attached hydrogens (tertiary/aromatic N) is 3. The lowest BCUT2D eigenvalue weighted by atomic mass is 9.74. The van der Waals surface area contributed by atoms with Crippen LogP contribution in [0.3, 0.4) is 0 Å². The molecule has 3 aliphatic rings. The Morgan fingerprint density at radius 1 is 1.21 bits per heavy atom. The minimum absolute atomic E-state index is 0.0529. The maximum absolute atomic E-state index is 12.1. The lowest BCUT2D eigenvalue weighted by Crippen LogP contribution is -2.56. The Hall–Kier alpha value is -2.72. The molecule has 3 fully saturated rings. The highest BCUT2D eigenvalue weighted by Gasteiger charge is 2.41. The van der Waals surface area contributed by atoms with Gasteiger partial charge < -0.3 is 19.9 Å². The number of ether oxygens (including phenoxy) is 2. The summed E-state index contributed by atoms with van der Waals surface area (Å²) in [5, 5.41) is 16.5. The van der Waals surface area contributed by atoms with Crippen LogP contribution in [-0.4, -0.2) is 83.1 Å². The number of hydrogen-bond acceptors (Lipinski definition) is 7. The minimum atomic E-state index is -0.899. The van der Waals surface area contributed by atoms with Crippen LogP contribution < -0.4 is 14.8 Å². The minimum Gasteiger partial charge on any atom is -0.493 e. The van der Waals surface area contributed by atoms with E-state index in [4.69, 9.17) is 19.7 Å². The van der Waals surface area contributed by atoms with E-state index in [-0.39, 0.29) is 17.4 Å². The second-order valence-electron chi connectivity index (χ2n) is 8.88. The van der Waals surface area contributed by atoms with E-state index in [2.05, 4.69) is 16.3 Å². The van der Waals surface area contributed by atoms with Crippen molar-refractivity contribution in [2.24, 2.45) is 13.0 Å². The summed E-state index contributed by atoms with van der Waals surface area (Å²) in [6.45, 7) is 2.59. The zero-order valence-corrected chi connectivity index (χ0v) is 20.6. The second kappa shape index (κ2) is 10.7. The lowest BCUT2D eigenvalue weighted by molar-refractivity contribution is -0.133. The van der Waals surface area contributed by atoms with Gasteiger partial charge in [-0.25, -0.2) is 0 Å². The fourth-order valence-electron chi connectivity index (χ4n) is 5.16. The SMILES string of the molecule is COc1ccc(-c2cc([C@@H]3CN4CC[C@H]3C[C@@H]4CNC(=O)CSCC(=O)O)n(C)n2)cc1OC. The smallest absolute Gasteiger partial charge is 0.313 e. The number of aryl methyl sites for hydroxylation is 1. The molecule has 0 spiro atoms. The van der Waals surface area contributed by atoms with Gasteiger partial charge in [-0.3, -0.25) is 19.2 Å². The number of aliphatic carboxylic acids is 1. The van der Waals surface area contributed by atoms with Gasteiger partial charge in [0.2, 0.25) is 5.91 Å².